The number of benzene rings is 3. The average molecular weight is 551 g/mol. The Kier molecular flexibility index (Phi) is 7.69. The fraction of sp³-hybridized carbons (Fsp3) is 0.387. The van der Waals surface area contributed by atoms with E-state index in [2.05, 4.69) is 26.0 Å². The quantitative estimate of drug-likeness (QED) is 0.375. The molecule has 2 fully saturated rings. The number of rotatable bonds is 10. The highest BCUT2D eigenvalue weighted by Crippen LogP contribution is 2.37. The zero-order chi connectivity index (χ0) is 27.6. The van der Waals surface area contributed by atoms with Crippen molar-refractivity contribution in [1.29, 1.82) is 0 Å². The molecule has 0 amide bonds. The summed E-state index contributed by atoms with van der Waals surface area (Å²) in [4.78, 5) is 11.3. The summed E-state index contributed by atoms with van der Waals surface area (Å²) in [6, 6.07) is 19.8. The van der Waals surface area contributed by atoms with Crippen LogP contribution in [0.4, 0.5) is 0 Å². The van der Waals surface area contributed by atoms with Gasteiger partial charge in [-0.25, -0.2) is 8.42 Å². The Hall–Kier alpha value is -3.36. The largest absolute Gasteiger partial charge is 0.493 e. The van der Waals surface area contributed by atoms with E-state index in [0.29, 0.717) is 32.8 Å². The Balaban J connectivity index is 1.24. The first-order chi connectivity index (χ1) is 18.6. The van der Waals surface area contributed by atoms with E-state index in [-0.39, 0.29) is 23.8 Å². The molecule has 3 aromatic rings. The van der Waals surface area contributed by atoms with Gasteiger partial charge < -0.3 is 19.3 Å². The second kappa shape index (κ2) is 11.0. The zero-order valence-electron chi connectivity index (χ0n) is 22.3. The summed E-state index contributed by atoms with van der Waals surface area (Å²) < 4.78 is 40.7. The maximum atomic E-state index is 11.7. The lowest BCUT2D eigenvalue weighted by atomic mass is 9.76. The monoisotopic (exact) mass is 550 g/mol. The van der Waals surface area contributed by atoms with Crippen LogP contribution in [0.3, 0.4) is 0 Å². The standard InChI is InChI=1S/C31H34O7S/c1-21-3-4-25(17-38-28-11-7-26(8-12-28)31(15-29(32)33)19-36-20-31)22(2)30(21)24-5-9-27(10-6-24)37-16-23-13-14-39(34,35)18-23/h3-12,23H,13-20H2,1-2H3,(H,32,33). The van der Waals surface area contributed by atoms with Crippen LogP contribution in [0.2, 0.25) is 0 Å². The average Bonchev–Trinajstić information content (AvgIpc) is 3.24. The topological polar surface area (TPSA) is 99.1 Å². The summed E-state index contributed by atoms with van der Waals surface area (Å²) in [6.07, 6.45) is 0.717. The lowest BCUT2D eigenvalue weighted by Crippen LogP contribution is -2.48. The first kappa shape index (κ1) is 27.2. The molecule has 5 rings (SSSR count). The van der Waals surface area contributed by atoms with Crippen molar-refractivity contribution in [1.82, 2.24) is 0 Å². The van der Waals surface area contributed by atoms with Gasteiger partial charge in [-0.2, -0.15) is 0 Å². The number of carboxylic acids is 1. The summed E-state index contributed by atoms with van der Waals surface area (Å²) >= 11 is 0. The molecule has 3 aromatic carbocycles. The number of sulfone groups is 1. The number of carboxylic acid groups (broad SMARTS) is 1. The van der Waals surface area contributed by atoms with Crippen LogP contribution in [0, 0.1) is 19.8 Å². The molecule has 0 aromatic heterocycles. The molecular formula is C31H34O7S. The molecule has 39 heavy (non-hydrogen) atoms. The highest BCUT2D eigenvalue weighted by atomic mass is 32.2. The number of ether oxygens (including phenoxy) is 3. The summed E-state index contributed by atoms with van der Waals surface area (Å²) in [6.45, 7) is 5.85. The minimum absolute atomic E-state index is 0.0521. The Morgan fingerprint density at radius 3 is 2.23 bits per heavy atom. The van der Waals surface area contributed by atoms with E-state index in [1.54, 1.807) is 0 Å². The Bertz CT molecular complexity index is 1440. The van der Waals surface area contributed by atoms with Crippen LogP contribution in [-0.2, 0) is 31.4 Å². The van der Waals surface area contributed by atoms with Crippen LogP contribution < -0.4 is 9.47 Å². The first-order valence-corrected chi connectivity index (χ1v) is 15.0. The van der Waals surface area contributed by atoms with E-state index >= 15 is 0 Å². The first-order valence-electron chi connectivity index (χ1n) is 13.2. The zero-order valence-corrected chi connectivity index (χ0v) is 23.1. The number of hydrogen-bond donors (Lipinski definition) is 1. The van der Waals surface area contributed by atoms with Gasteiger partial charge in [0.25, 0.3) is 0 Å². The molecule has 0 bridgehead atoms. The van der Waals surface area contributed by atoms with E-state index in [9.17, 15) is 18.3 Å². The van der Waals surface area contributed by atoms with Crippen LogP contribution in [0.5, 0.6) is 11.5 Å². The third-order valence-corrected chi connectivity index (χ3v) is 9.69. The van der Waals surface area contributed by atoms with Crippen molar-refractivity contribution in [3.63, 3.8) is 0 Å². The smallest absolute Gasteiger partial charge is 0.304 e. The molecule has 2 aliphatic heterocycles. The summed E-state index contributed by atoms with van der Waals surface area (Å²) in [7, 11) is -2.90. The van der Waals surface area contributed by atoms with E-state index in [0.717, 1.165) is 44.9 Å². The second-order valence-electron chi connectivity index (χ2n) is 10.8. The van der Waals surface area contributed by atoms with Gasteiger partial charge in [0.15, 0.2) is 9.84 Å². The van der Waals surface area contributed by atoms with E-state index in [4.69, 9.17) is 14.2 Å². The third kappa shape index (κ3) is 6.12. The number of aliphatic carboxylic acids is 1. The molecule has 8 heteroatoms. The molecule has 7 nitrogen and oxygen atoms in total. The minimum Gasteiger partial charge on any atom is -0.493 e. The van der Waals surface area contributed by atoms with Crippen LogP contribution in [-0.4, -0.2) is 50.8 Å². The molecule has 1 N–H and O–H groups in total. The molecule has 0 spiro atoms. The van der Waals surface area contributed by atoms with Crippen molar-refractivity contribution in [2.75, 3.05) is 31.3 Å². The molecule has 206 valence electrons. The molecule has 0 saturated carbocycles. The second-order valence-corrected chi connectivity index (χ2v) is 13.0. The minimum atomic E-state index is -2.90. The maximum Gasteiger partial charge on any atom is 0.304 e. The van der Waals surface area contributed by atoms with Crippen molar-refractivity contribution >= 4 is 15.8 Å². The highest BCUT2D eigenvalue weighted by molar-refractivity contribution is 7.91. The number of carbonyl (C=O) groups is 1. The predicted molar refractivity (Wildman–Crippen MR) is 149 cm³/mol. The molecular weight excluding hydrogens is 516 g/mol. The van der Waals surface area contributed by atoms with Crippen molar-refractivity contribution in [2.24, 2.45) is 5.92 Å². The number of hydrogen-bond acceptors (Lipinski definition) is 6. The van der Waals surface area contributed by atoms with Crippen molar-refractivity contribution in [3.05, 3.63) is 82.9 Å². The van der Waals surface area contributed by atoms with E-state index < -0.39 is 21.2 Å². The van der Waals surface area contributed by atoms with Crippen LogP contribution in [0.1, 0.15) is 35.1 Å². The molecule has 1 unspecified atom stereocenters. The fourth-order valence-corrected chi connectivity index (χ4v) is 7.34. The van der Waals surface area contributed by atoms with Crippen molar-refractivity contribution in [2.45, 2.75) is 38.7 Å². The Morgan fingerprint density at radius 2 is 1.64 bits per heavy atom. The van der Waals surface area contributed by atoms with Gasteiger partial charge in [0.05, 0.1) is 43.2 Å². The maximum absolute atomic E-state index is 11.7. The van der Waals surface area contributed by atoms with Gasteiger partial charge >= 0.3 is 5.97 Å². The van der Waals surface area contributed by atoms with Gasteiger partial charge in [0.1, 0.15) is 18.1 Å². The summed E-state index contributed by atoms with van der Waals surface area (Å²) in [5.41, 5.74) is 6.12. The van der Waals surface area contributed by atoms with Gasteiger partial charge in [-0.3, -0.25) is 4.79 Å². The number of aryl methyl sites for hydroxylation is 1. The Morgan fingerprint density at radius 1 is 0.974 bits per heavy atom. The molecule has 1 atom stereocenters. The molecule has 2 heterocycles. The van der Waals surface area contributed by atoms with Crippen LogP contribution >= 0.6 is 0 Å². The fourth-order valence-electron chi connectivity index (χ4n) is 5.50. The van der Waals surface area contributed by atoms with Gasteiger partial charge in [-0.15, -0.1) is 0 Å². The van der Waals surface area contributed by atoms with Gasteiger partial charge in [0.2, 0.25) is 0 Å². The summed E-state index contributed by atoms with van der Waals surface area (Å²) in [5, 5.41) is 9.28. The molecule has 2 aliphatic rings. The molecule has 0 aliphatic carbocycles. The normalized spacial score (nSPS) is 19.3. The van der Waals surface area contributed by atoms with E-state index in [1.807, 2.05) is 48.5 Å². The van der Waals surface area contributed by atoms with Crippen LogP contribution in [0.15, 0.2) is 60.7 Å². The van der Waals surface area contributed by atoms with E-state index in [1.165, 1.54) is 0 Å². The van der Waals surface area contributed by atoms with Crippen LogP contribution in [0.25, 0.3) is 11.1 Å². The molecule has 0 radical (unpaired) electrons. The third-order valence-electron chi connectivity index (χ3n) is 7.85. The lowest BCUT2D eigenvalue weighted by molar-refractivity contribution is -0.145. The SMILES string of the molecule is Cc1ccc(COc2ccc(C3(CC(=O)O)COC3)cc2)c(C)c1-c1ccc(OCC2CCS(=O)(=O)C2)cc1. The van der Waals surface area contributed by atoms with Gasteiger partial charge in [-0.1, -0.05) is 36.4 Å². The van der Waals surface area contributed by atoms with Gasteiger partial charge in [-0.05, 0) is 77.9 Å². The summed E-state index contributed by atoms with van der Waals surface area (Å²) in [5.74, 6) is 1.16. The lowest BCUT2D eigenvalue weighted by Gasteiger charge is -2.40. The Labute approximate surface area is 229 Å². The van der Waals surface area contributed by atoms with Gasteiger partial charge in [0, 0.05) is 5.92 Å². The van der Waals surface area contributed by atoms with Crippen molar-refractivity contribution in [3.8, 4) is 22.6 Å². The molecule has 2 saturated heterocycles. The van der Waals surface area contributed by atoms with Crippen molar-refractivity contribution < 1.29 is 32.5 Å². The predicted octanol–water partition coefficient (Wildman–Crippen LogP) is 5.11. The highest BCUT2D eigenvalue weighted by Gasteiger charge is 2.42.